The van der Waals surface area contributed by atoms with Gasteiger partial charge >= 0.3 is 15.6 Å². The van der Waals surface area contributed by atoms with E-state index in [0.29, 0.717) is 4.90 Å². The van der Waals surface area contributed by atoms with Crippen LogP contribution in [0.4, 0.5) is 17.6 Å². The highest BCUT2D eigenvalue weighted by molar-refractivity contribution is 7.99. The third kappa shape index (κ3) is 4.68. The highest BCUT2D eigenvalue weighted by atomic mass is 32.2. The zero-order valence-electron chi connectivity index (χ0n) is 14.8. The molecule has 3 aromatic rings. The summed E-state index contributed by atoms with van der Waals surface area (Å²) in [5, 5.41) is -0.129. The zero-order valence-corrected chi connectivity index (χ0v) is 17.3. The number of hydrogen-bond acceptors (Lipinski definition) is 7. The van der Waals surface area contributed by atoms with Gasteiger partial charge in [0.2, 0.25) is 0 Å². The fraction of sp³-hybridized carbons (Fsp3) is 0.118. The maximum absolute atomic E-state index is 13.2. The van der Waals surface area contributed by atoms with E-state index in [-0.39, 0.29) is 20.8 Å². The fourth-order valence-electron chi connectivity index (χ4n) is 2.30. The summed E-state index contributed by atoms with van der Waals surface area (Å²) in [7, 11) is -9.63. The van der Waals surface area contributed by atoms with Gasteiger partial charge in [0.05, 0.1) is 10.4 Å². The molecule has 1 aromatic heterocycles. The largest absolute Gasteiger partial charge is 0.534 e. The minimum absolute atomic E-state index is 0.0699. The number of pyridine rings is 1. The van der Waals surface area contributed by atoms with Gasteiger partial charge in [0, 0.05) is 16.5 Å². The molecule has 160 valence electrons. The van der Waals surface area contributed by atoms with Crippen LogP contribution in [-0.2, 0) is 20.0 Å². The molecule has 0 saturated carbocycles. The average Bonchev–Trinajstić information content (AvgIpc) is 2.63. The van der Waals surface area contributed by atoms with Crippen molar-refractivity contribution >= 4 is 42.6 Å². The van der Waals surface area contributed by atoms with Crippen molar-refractivity contribution in [3.05, 3.63) is 54.3 Å². The van der Waals surface area contributed by atoms with E-state index < -0.39 is 37.0 Å². The van der Waals surface area contributed by atoms with Crippen molar-refractivity contribution in [1.82, 2.24) is 4.98 Å². The maximum atomic E-state index is 13.2. The number of aromatic nitrogens is 1. The lowest BCUT2D eigenvalue weighted by molar-refractivity contribution is -0.0500. The monoisotopic (exact) mass is 481 g/mol. The number of fused-ring (bicyclic) bond motifs is 1. The van der Waals surface area contributed by atoms with Crippen molar-refractivity contribution in [2.75, 3.05) is 6.26 Å². The first-order chi connectivity index (χ1) is 13.8. The van der Waals surface area contributed by atoms with Crippen LogP contribution >= 0.6 is 11.8 Å². The highest BCUT2D eigenvalue weighted by Gasteiger charge is 2.49. The quantitative estimate of drug-likeness (QED) is 0.307. The Hall–Kier alpha value is -2.38. The van der Waals surface area contributed by atoms with Crippen molar-refractivity contribution < 1.29 is 38.6 Å². The molecule has 1 heterocycles. The molecule has 0 aliphatic carbocycles. The molecule has 6 nitrogen and oxygen atoms in total. The molecular weight excluding hydrogens is 470 g/mol. The molecule has 0 radical (unpaired) electrons. The van der Waals surface area contributed by atoms with Gasteiger partial charge in [-0.2, -0.15) is 21.6 Å². The van der Waals surface area contributed by atoms with Crippen LogP contribution in [0.1, 0.15) is 0 Å². The molecule has 0 amide bonds. The van der Waals surface area contributed by atoms with Crippen LogP contribution in [0.2, 0.25) is 0 Å². The summed E-state index contributed by atoms with van der Waals surface area (Å²) in [6.45, 7) is 0. The second kappa shape index (κ2) is 7.71. The number of sulfone groups is 1. The molecular formula is C17H11F4NO5S3. The summed E-state index contributed by atoms with van der Waals surface area (Å²) < 4.78 is 102. The Bertz CT molecular complexity index is 1320. The third-order valence-electron chi connectivity index (χ3n) is 3.66. The molecule has 13 heteroatoms. The van der Waals surface area contributed by atoms with Gasteiger partial charge in [0.25, 0.3) is 0 Å². The topological polar surface area (TPSA) is 90.4 Å². The Kier molecular flexibility index (Phi) is 5.73. The lowest BCUT2D eigenvalue weighted by Crippen LogP contribution is -2.28. The van der Waals surface area contributed by atoms with E-state index in [0.717, 1.165) is 48.3 Å². The standard InChI is InChI=1S/C17H11F4NO5S3/c1-29(23,24)15-9-6-12-13(22-15)7-8-14(27-30(25,26)17(19,20)21)16(12)28-11-4-2-10(18)3-5-11/h2-9H,1H3. The molecule has 0 saturated heterocycles. The van der Waals surface area contributed by atoms with Crippen molar-refractivity contribution in [3.63, 3.8) is 0 Å². The van der Waals surface area contributed by atoms with Crippen LogP contribution in [0.3, 0.4) is 0 Å². The van der Waals surface area contributed by atoms with Crippen molar-refractivity contribution in [2.24, 2.45) is 0 Å². The summed E-state index contributed by atoms with van der Waals surface area (Å²) in [4.78, 5) is 4.26. The van der Waals surface area contributed by atoms with E-state index in [1.54, 1.807) is 0 Å². The Morgan fingerprint density at radius 1 is 0.933 bits per heavy atom. The van der Waals surface area contributed by atoms with E-state index in [2.05, 4.69) is 9.17 Å². The molecule has 3 rings (SSSR count). The second-order valence-corrected chi connectivity index (χ2v) is 10.5. The SMILES string of the molecule is CS(=O)(=O)c1ccc2c(Sc3ccc(F)cc3)c(OS(=O)(=O)C(F)(F)F)ccc2n1. The lowest BCUT2D eigenvalue weighted by atomic mass is 10.2. The Balaban J connectivity index is 2.20. The van der Waals surface area contributed by atoms with Gasteiger partial charge in [0.15, 0.2) is 20.6 Å². The van der Waals surface area contributed by atoms with Gasteiger partial charge in [-0.15, -0.1) is 0 Å². The van der Waals surface area contributed by atoms with Gasteiger partial charge in [0.1, 0.15) is 5.82 Å². The first kappa shape index (κ1) is 22.3. The molecule has 0 fully saturated rings. The van der Waals surface area contributed by atoms with E-state index >= 15 is 0 Å². The number of alkyl halides is 3. The summed E-state index contributed by atoms with van der Waals surface area (Å²) in [6, 6.07) is 9.38. The molecule has 0 aliphatic rings. The smallest absolute Gasteiger partial charge is 0.375 e. The van der Waals surface area contributed by atoms with Crippen molar-refractivity contribution in [3.8, 4) is 5.75 Å². The summed E-state index contributed by atoms with van der Waals surface area (Å²) >= 11 is 0.804. The van der Waals surface area contributed by atoms with Crippen LogP contribution in [0, 0.1) is 5.82 Å². The highest BCUT2D eigenvalue weighted by Crippen LogP contribution is 2.42. The van der Waals surface area contributed by atoms with Gasteiger partial charge in [-0.1, -0.05) is 11.8 Å². The molecule has 0 spiro atoms. The van der Waals surface area contributed by atoms with Crippen LogP contribution in [0.15, 0.2) is 63.3 Å². The number of benzene rings is 2. The number of halogens is 4. The average molecular weight is 481 g/mol. The predicted octanol–water partition coefficient (Wildman–Crippen LogP) is 4.16. The normalized spacial score (nSPS) is 12.8. The third-order valence-corrected chi connectivity index (χ3v) is 6.74. The number of rotatable bonds is 5. The molecule has 0 unspecified atom stereocenters. The lowest BCUT2D eigenvalue weighted by Gasteiger charge is -2.15. The first-order valence-corrected chi connectivity index (χ1v) is 12.0. The Labute approximate surface area is 172 Å². The van der Waals surface area contributed by atoms with Crippen LogP contribution < -0.4 is 4.18 Å². The number of nitrogens with zero attached hydrogens (tertiary/aromatic N) is 1. The maximum Gasteiger partial charge on any atom is 0.534 e. The number of hydrogen-bond donors (Lipinski definition) is 0. The molecule has 0 atom stereocenters. The molecule has 0 bridgehead atoms. The summed E-state index contributed by atoms with van der Waals surface area (Å²) in [6.07, 6.45) is 0.933. The van der Waals surface area contributed by atoms with Gasteiger partial charge < -0.3 is 4.18 Å². The van der Waals surface area contributed by atoms with Gasteiger partial charge in [-0.25, -0.2) is 17.8 Å². The minimum atomic E-state index is -5.96. The Morgan fingerprint density at radius 2 is 1.57 bits per heavy atom. The second-order valence-electron chi connectivity index (χ2n) is 5.92. The summed E-state index contributed by atoms with van der Waals surface area (Å²) in [5.74, 6) is -1.18. The van der Waals surface area contributed by atoms with Crippen LogP contribution in [-0.4, -0.2) is 33.6 Å². The van der Waals surface area contributed by atoms with Crippen LogP contribution in [0.5, 0.6) is 5.75 Å². The predicted molar refractivity (Wildman–Crippen MR) is 101 cm³/mol. The first-order valence-electron chi connectivity index (χ1n) is 7.86. The zero-order chi connectivity index (χ0) is 22.3. The van der Waals surface area contributed by atoms with Crippen molar-refractivity contribution in [2.45, 2.75) is 20.3 Å². The fourth-order valence-corrected chi connectivity index (χ4v) is 4.40. The Morgan fingerprint density at radius 3 is 2.13 bits per heavy atom. The molecule has 2 aromatic carbocycles. The minimum Gasteiger partial charge on any atom is -0.375 e. The van der Waals surface area contributed by atoms with E-state index in [1.165, 1.54) is 18.2 Å². The van der Waals surface area contributed by atoms with E-state index in [4.69, 9.17) is 0 Å². The van der Waals surface area contributed by atoms with Gasteiger partial charge in [-0.3, -0.25) is 0 Å². The van der Waals surface area contributed by atoms with Crippen molar-refractivity contribution in [1.29, 1.82) is 0 Å². The van der Waals surface area contributed by atoms with Crippen LogP contribution in [0.25, 0.3) is 10.9 Å². The molecule has 30 heavy (non-hydrogen) atoms. The van der Waals surface area contributed by atoms with E-state index in [1.807, 2.05) is 0 Å². The van der Waals surface area contributed by atoms with E-state index in [9.17, 15) is 34.4 Å². The molecule has 0 aliphatic heterocycles. The molecule has 0 N–H and O–H groups in total. The van der Waals surface area contributed by atoms with Gasteiger partial charge in [-0.05, 0) is 48.5 Å². The summed E-state index contributed by atoms with van der Waals surface area (Å²) in [5.41, 5.74) is -5.57.